The Bertz CT molecular complexity index is 1100. The van der Waals surface area contributed by atoms with Gasteiger partial charge in [-0.2, -0.15) is 0 Å². The van der Waals surface area contributed by atoms with Gasteiger partial charge in [0, 0.05) is 16.7 Å². The van der Waals surface area contributed by atoms with Crippen LogP contribution >= 0.6 is 0 Å². The molecule has 150 valence electrons. The molecule has 5 heteroatoms. The Morgan fingerprint density at radius 2 is 1.23 bits per heavy atom. The summed E-state index contributed by atoms with van der Waals surface area (Å²) in [5.41, 5.74) is 4.84. The van der Waals surface area contributed by atoms with Crippen LogP contribution in [0.25, 0.3) is 33.9 Å². The van der Waals surface area contributed by atoms with Crippen molar-refractivity contribution in [3.63, 3.8) is 0 Å². The van der Waals surface area contributed by atoms with Gasteiger partial charge >= 0.3 is 0 Å². The monoisotopic (exact) mass is 398 g/mol. The molecule has 0 aliphatic carbocycles. The van der Waals surface area contributed by atoms with Gasteiger partial charge < -0.3 is 14.6 Å². The molecule has 4 rings (SSSR count). The van der Waals surface area contributed by atoms with Gasteiger partial charge in [0.2, 0.25) is 0 Å². The SMILES string of the molecule is COc1ccc(-c2cc(-c3ccc(C)cc3O)nc(-c3ccc(OC)cc3)n2)cc1. The number of aromatic nitrogens is 2. The minimum atomic E-state index is 0.190. The van der Waals surface area contributed by atoms with Crippen LogP contribution in [0.5, 0.6) is 17.2 Å². The number of aryl methyl sites for hydroxylation is 1. The molecule has 0 atom stereocenters. The normalized spacial score (nSPS) is 10.6. The largest absolute Gasteiger partial charge is 0.507 e. The number of methoxy groups -OCH3 is 2. The summed E-state index contributed by atoms with van der Waals surface area (Å²) in [6.45, 7) is 1.94. The topological polar surface area (TPSA) is 64.5 Å². The highest BCUT2D eigenvalue weighted by Gasteiger charge is 2.13. The van der Waals surface area contributed by atoms with Crippen molar-refractivity contribution in [2.45, 2.75) is 6.92 Å². The standard InChI is InChI=1S/C25H22N2O3/c1-16-4-13-21(24(28)14-16)23-15-22(17-5-9-19(29-2)10-6-17)26-25(27-23)18-7-11-20(30-3)12-8-18/h4-15,28H,1-3H3. The first-order valence-corrected chi connectivity index (χ1v) is 9.55. The van der Waals surface area contributed by atoms with E-state index in [4.69, 9.17) is 19.4 Å². The molecule has 1 heterocycles. The number of ether oxygens (including phenoxy) is 2. The van der Waals surface area contributed by atoms with Crippen molar-refractivity contribution in [1.82, 2.24) is 9.97 Å². The van der Waals surface area contributed by atoms with Crippen LogP contribution < -0.4 is 9.47 Å². The Hall–Kier alpha value is -3.86. The van der Waals surface area contributed by atoms with E-state index in [2.05, 4.69) is 0 Å². The van der Waals surface area contributed by atoms with Gasteiger partial charge in [-0.3, -0.25) is 0 Å². The van der Waals surface area contributed by atoms with Gasteiger partial charge in [0.05, 0.1) is 25.6 Å². The summed E-state index contributed by atoms with van der Waals surface area (Å²) in [5, 5.41) is 10.5. The van der Waals surface area contributed by atoms with Crippen LogP contribution in [0.15, 0.2) is 72.8 Å². The van der Waals surface area contributed by atoms with Crippen molar-refractivity contribution in [2.75, 3.05) is 14.2 Å². The molecule has 0 amide bonds. The number of phenolic OH excluding ortho intramolecular Hbond substituents is 1. The molecule has 0 spiro atoms. The summed E-state index contributed by atoms with van der Waals surface area (Å²) in [4.78, 5) is 9.53. The molecule has 4 aromatic rings. The third-order valence-corrected chi connectivity index (χ3v) is 4.89. The van der Waals surface area contributed by atoms with E-state index in [9.17, 15) is 5.11 Å². The highest BCUT2D eigenvalue weighted by atomic mass is 16.5. The van der Waals surface area contributed by atoms with Gasteiger partial charge in [-0.1, -0.05) is 6.07 Å². The maximum Gasteiger partial charge on any atom is 0.160 e. The molecule has 0 saturated carbocycles. The van der Waals surface area contributed by atoms with Crippen LogP contribution in [0.2, 0.25) is 0 Å². The summed E-state index contributed by atoms with van der Waals surface area (Å²) >= 11 is 0. The zero-order valence-electron chi connectivity index (χ0n) is 17.1. The van der Waals surface area contributed by atoms with Crippen molar-refractivity contribution in [1.29, 1.82) is 0 Å². The molecular formula is C25H22N2O3. The number of nitrogens with zero attached hydrogens (tertiary/aromatic N) is 2. The van der Waals surface area contributed by atoms with Gasteiger partial charge in [0.1, 0.15) is 17.2 Å². The van der Waals surface area contributed by atoms with Crippen LogP contribution in [-0.2, 0) is 0 Å². The molecular weight excluding hydrogens is 376 g/mol. The third-order valence-electron chi connectivity index (χ3n) is 4.89. The second kappa shape index (κ2) is 8.25. The maximum atomic E-state index is 10.5. The molecule has 0 aliphatic heterocycles. The number of hydrogen-bond donors (Lipinski definition) is 1. The van der Waals surface area contributed by atoms with E-state index in [-0.39, 0.29) is 5.75 Å². The summed E-state index contributed by atoms with van der Waals surface area (Å²) in [5.74, 6) is 2.30. The van der Waals surface area contributed by atoms with E-state index in [1.54, 1.807) is 20.3 Å². The van der Waals surface area contributed by atoms with Crippen molar-refractivity contribution in [2.24, 2.45) is 0 Å². The van der Waals surface area contributed by atoms with Gasteiger partial charge in [-0.25, -0.2) is 9.97 Å². The molecule has 0 aliphatic rings. The van der Waals surface area contributed by atoms with Crippen molar-refractivity contribution in [3.05, 3.63) is 78.4 Å². The number of rotatable bonds is 5. The fourth-order valence-corrected chi connectivity index (χ4v) is 3.22. The Balaban J connectivity index is 1.88. The van der Waals surface area contributed by atoms with Crippen LogP contribution in [0, 0.1) is 6.92 Å². The van der Waals surface area contributed by atoms with Crippen LogP contribution in [-0.4, -0.2) is 29.3 Å². The predicted molar refractivity (Wildman–Crippen MR) is 118 cm³/mol. The van der Waals surface area contributed by atoms with Crippen LogP contribution in [0.4, 0.5) is 0 Å². The molecule has 1 N–H and O–H groups in total. The first-order chi connectivity index (χ1) is 14.6. The van der Waals surface area contributed by atoms with Crippen LogP contribution in [0.3, 0.4) is 0 Å². The van der Waals surface area contributed by atoms with Gasteiger partial charge in [-0.05, 0) is 79.2 Å². The van der Waals surface area contributed by atoms with Crippen molar-refractivity contribution in [3.8, 4) is 51.2 Å². The van der Waals surface area contributed by atoms with E-state index < -0.39 is 0 Å². The lowest BCUT2D eigenvalue weighted by atomic mass is 10.0. The van der Waals surface area contributed by atoms with Gasteiger partial charge in [0.15, 0.2) is 5.82 Å². The van der Waals surface area contributed by atoms with E-state index in [0.717, 1.165) is 33.9 Å². The molecule has 0 bridgehead atoms. The molecule has 30 heavy (non-hydrogen) atoms. The fourth-order valence-electron chi connectivity index (χ4n) is 3.22. The summed E-state index contributed by atoms with van der Waals surface area (Å²) < 4.78 is 10.5. The van der Waals surface area contributed by atoms with E-state index in [0.29, 0.717) is 17.1 Å². The fraction of sp³-hybridized carbons (Fsp3) is 0.120. The highest BCUT2D eigenvalue weighted by molar-refractivity contribution is 5.75. The van der Waals surface area contributed by atoms with Gasteiger partial charge in [-0.15, -0.1) is 0 Å². The molecule has 0 saturated heterocycles. The smallest absolute Gasteiger partial charge is 0.160 e. The molecule has 5 nitrogen and oxygen atoms in total. The second-order valence-electron chi connectivity index (χ2n) is 6.94. The summed E-state index contributed by atoms with van der Waals surface area (Å²) in [7, 11) is 3.27. The Morgan fingerprint density at radius 1 is 0.667 bits per heavy atom. The predicted octanol–water partition coefficient (Wildman–Crippen LogP) is 5.51. The minimum absolute atomic E-state index is 0.190. The zero-order chi connectivity index (χ0) is 21.1. The third kappa shape index (κ3) is 3.96. The molecule has 0 fully saturated rings. The van der Waals surface area contributed by atoms with Crippen molar-refractivity contribution < 1.29 is 14.6 Å². The molecule has 0 unspecified atom stereocenters. The summed E-state index contributed by atoms with van der Waals surface area (Å²) in [6.07, 6.45) is 0. The van der Waals surface area contributed by atoms with Crippen LogP contribution in [0.1, 0.15) is 5.56 Å². The van der Waals surface area contributed by atoms with E-state index in [1.165, 1.54) is 0 Å². The number of benzene rings is 3. The quantitative estimate of drug-likeness (QED) is 0.480. The lowest BCUT2D eigenvalue weighted by molar-refractivity contribution is 0.415. The molecule has 3 aromatic carbocycles. The highest BCUT2D eigenvalue weighted by Crippen LogP contribution is 2.33. The van der Waals surface area contributed by atoms with E-state index in [1.807, 2.05) is 73.7 Å². The number of phenols is 1. The van der Waals surface area contributed by atoms with E-state index >= 15 is 0 Å². The first-order valence-electron chi connectivity index (χ1n) is 9.55. The Morgan fingerprint density at radius 3 is 1.80 bits per heavy atom. The Kier molecular flexibility index (Phi) is 5.35. The maximum absolute atomic E-state index is 10.5. The minimum Gasteiger partial charge on any atom is -0.507 e. The second-order valence-corrected chi connectivity index (χ2v) is 6.94. The van der Waals surface area contributed by atoms with Gasteiger partial charge in [0.25, 0.3) is 0 Å². The lowest BCUT2D eigenvalue weighted by Crippen LogP contribution is -1.96. The lowest BCUT2D eigenvalue weighted by Gasteiger charge is -2.11. The summed E-state index contributed by atoms with van der Waals surface area (Å²) in [6, 6.07) is 22.8. The van der Waals surface area contributed by atoms with Crippen molar-refractivity contribution >= 4 is 0 Å². The molecule has 1 aromatic heterocycles. The average molecular weight is 398 g/mol. The first kappa shape index (κ1) is 19.5. The zero-order valence-corrected chi connectivity index (χ0v) is 17.1. The average Bonchev–Trinajstić information content (AvgIpc) is 2.79. The Labute approximate surface area is 175 Å². The number of aromatic hydroxyl groups is 1. The number of hydrogen-bond acceptors (Lipinski definition) is 5. The molecule has 0 radical (unpaired) electrons.